The molecule has 2 amide bonds. The smallest absolute Gasteiger partial charge is 0.233 e. The van der Waals surface area contributed by atoms with Gasteiger partial charge in [0.05, 0.1) is 5.25 Å². The standard InChI is InChI=1S/C20H22N2O2S/c1-15(25-18-6-3-2-4-7-18)20(24)21-14-16-9-11-17(12-10-16)22-13-5-8-19(22)23/h2-4,6-7,9-12,15H,5,8,13-14H2,1H3,(H,21,24)/t15-/m1/s1. The van der Waals surface area contributed by atoms with Crippen molar-refractivity contribution in [2.45, 2.75) is 36.5 Å². The Bertz CT molecular complexity index is 731. The van der Waals surface area contributed by atoms with Gasteiger partial charge in [0.15, 0.2) is 0 Å². The van der Waals surface area contributed by atoms with Gasteiger partial charge in [-0.15, -0.1) is 11.8 Å². The highest BCUT2D eigenvalue weighted by Gasteiger charge is 2.21. The number of thioether (sulfide) groups is 1. The fourth-order valence-electron chi connectivity index (χ4n) is 2.80. The van der Waals surface area contributed by atoms with Crippen molar-refractivity contribution in [2.75, 3.05) is 11.4 Å². The molecule has 0 aliphatic carbocycles. The second kappa shape index (κ2) is 8.21. The maximum Gasteiger partial charge on any atom is 0.233 e. The number of hydrogen-bond donors (Lipinski definition) is 1. The molecule has 5 heteroatoms. The fraction of sp³-hybridized carbons (Fsp3) is 0.300. The van der Waals surface area contributed by atoms with Crippen LogP contribution in [0.1, 0.15) is 25.3 Å². The van der Waals surface area contributed by atoms with Gasteiger partial charge in [-0.3, -0.25) is 9.59 Å². The highest BCUT2D eigenvalue weighted by Crippen LogP contribution is 2.23. The molecule has 1 aliphatic heterocycles. The van der Waals surface area contributed by atoms with E-state index in [2.05, 4.69) is 5.32 Å². The predicted octanol–water partition coefficient (Wildman–Crippen LogP) is 3.61. The van der Waals surface area contributed by atoms with Gasteiger partial charge in [0.2, 0.25) is 11.8 Å². The Labute approximate surface area is 152 Å². The summed E-state index contributed by atoms with van der Waals surface area (Å²) in [4.78, 5) is 26.9. The molecule has 3 rings (SSSR count). The largest absolute Gasteiger partial charge is 0.351 e. The van der Waals surface area contributed by atoms with E-state index in [9.17, 15) is 9.59 Å². The predicted molar refractivity (Wildman–Crippen MR) is 102 cm³/mol. The molecule has 1 N–H and O–H groups in total. The van der Waals surface area contributed by atoms with Crippen LogP contribution in [0.5, 0.6) is 0 Å². The van der Waals surface area contributed by atoms with E-state index in [-0.39, 0.29) is 17.1 Å². The average molecular weight is 354 g/mol. The first-order valence-corrected chi connectivity index (χ1v) is 9.40. The van der Waals surface area contributed by atoms with Gasteiger partial charge in [-0.1, -0.05) is 30.3 Å². The van der Waals surface area contributed by atoms with Crippen LogP contribution in [-0.2, 0) is 16.1 Å². The zero-order valence-electron chi connectivity index (χ0n) is 14.3. The van der Waals surface area contributed by atoms with Crippen LogP contribution in [0.15, 0.2) is 59.5 Å². The molecule has 2 aromatic carbocycles. The van der Waals surface area contributed by atoms with Crippen molar-refractivity contribution in [3.63, 3.8) is 0 Å². The number of hydrogen-bond acceptors (Lipinski definition) is 3. The minimum absolute atomic E-state index is 0.0210. The van der Waals surface area contributed by atoms with Crippen LogP contribution >= 0.6 is 11.8 Å². The zero-order valence-corrected chi connectivity index (χ0v) is 15.1. The molecule has 1 heterocycles. The summed E-state index contributed by atoms with van der Waals surface area (Å²) in [5, 5.41) is 2.83. The monoisotopic (exact) mass is 354 g/mol. The number of carbonyl (C=O) groups is 2. The van der Waals surface area contributed by atoms with Gasteiger partial charge in [0.25, 0.3) is 0 Å². The molecule has 1 aliphatic rings. The van der Waals surface area contributed by atoms with E-state index in [0.717, 1.165) is 29.1 Å². The first-order valence-electron chi connectivity index (χ1n) is 8.52. The van der Waals surface area contributed by atoms with Crippen molar-refractivity contribution in [1.29, 1.82) is 0 Å². The highest BCUT2D eigenvalue weighted by molar-refractivity contribution is 8.00. The Morgan fingerprint density at radius 3 is 2.52 bits per heavy atom. The Morgan fingerprint density at radius 1 is 1.16 bits per heavy atom. The third kappa shape index (κ3) is 4.63. The molecular formula is C20H22N2O2S. The number of amides is 2. The number of rotatable bonds is 6. The molecule has 1 atom stereocenters. The number of carbonyl (C=O) groups excluding carboxylic acids is 2. The van der Waals surface area contributed by atoms with Gasteiger partial charge in [-0.25, -0.2) is 0 Å². The number of nitrogens with zero attached hydrogens (tertiary/aromatic N) is 1. The molecule has 130 valence electrons. The zero-order chi connectivity index (χ0) is 17.6. The van der Waals surface area contributed by atoms with E-state index < -0.39 is 0 Å². The lowest BCUT2D eigenvalue weighted by atomic mass is 10.2. The van der Waals surface area contributed by atoms with Crippen LogP contribution in [0, 0.1) is 0 Å². The summed E-state index contributed by atoms with van der Waals surface area (Å²) in [6.45, 7) is 3.20. The molecule has 2 aromatic rings. The quantitative estimate of drug-likeness (QED) is 0.806. The Kier molecular flexibility index (Phi) is 5.76. The van der Waals surface area contributed by atoms with Gasteiger partial charge in [0.1, 0.15) is 0 Å². The van der Waals surface area contributed by atoms with Crippen molar-refractivity contribution in [2.24, 2.45) is 0 Å². The molecule has 1 fully saturated rings. The summed E-state index contributed by atoms with van der Waals surface area (Å²) < 4.78 is 0. The van der Waals surface area contributed by atoms with Gasteiger partial charge in [-0.2, -0.15) is 0 Å². The summed E-state index contributed by atoms with van der Waals surface area (Å²) in [5.41, 5.74) is 1.96. The van der Waals surface area contributed by atoms with Crippen molar-refractivity contribution in [3.8, 4) is 0 Å². The SMILES string of the molecule is C[C@@H](Sc1ccccc1)C(=O)NCc1ccc(N2CCCC2=O)cc1. The summed E-state index contributed by atoms with van der Waals surface area (Å²) in [6, 6.07) is 17.8. The van der Waals surface area contributed by atoms with Crippen molar-refractivity contribution < 1.29 is 9.59 Å². The van der Waals surface area contributed by atoms with E-state index in [4.69, 9.17) is 0 Å². The van der Waals surface area contributed by atoms with Crippen LogP contribution in [-0.4, -0.2) is 23.6 Å². The minimum Gasteiger partial charge on any atom is -0.351 e. The molecule has 0 saturated carbocycles. The fourth-order valence-corrected chi connectivity index (χ4v) is 3.72. The van der Waals surface area contributed by atoms with Crippen molar-refractivity contribution in [1.82, 2.24) is 5.32 Å². The topological polar surface area (TPSA) is 49.4 Å². The summed E-state index contributed by atoms with van der Waals surface area (Å²) in [7, 11) is 0. The lowest BCUT2D eigenvalue weighted by Gasteiger charge is -2.16. The van der Waals surface area contributed by atoms with Crippen LogP contribution in [0.3, 0.4) is 0 Å². The van der Waals surface area contributed by atoms with Gasteiger partial charge < -0.3 is 10.2 Å². The molecule has 0 radical (unpaired) electrons. The average Bonchev–Trinajstić information content (AvgIpc) is 3.07. The molecule has 1 saturated heterocycles. The highest BCUT2D eigenvalue weighted by atomic mass is 32.2. The summed E-state index contributed by atoms with van der Waals surface area (Å²) >= 11 is 1.55. The molecule has 25 heavy (non-hydrogen) atoms. The molecule has 4 nitrogen and oxygen atoms in total. The molecular weight excluding hydrogens is 332 g/mol. The minimum atomic E-state index is -0.149. The van der Waals surface area contributed by atoms with Crippen LogP contribution < -0.4 is 10.2 Å². The van der Waals surface area contributed by atoms with Gasteiger partial charge in [0, 0.05) is 30.1 Å². The maximum absolute atomic E-state index is 12.3. The van der Waals surface area contributed by atoms with Crippen LogP contribution in [0.4, 0.5) is 5.69 Å². The van der Waals surface area contributed by atoms with Gasteiger partial charge >= 0.3 is 0 Å². The third-order valence-corrected chi connectivity index (χ3v) is 5.33. The maximum atomic E-state index is 12.3. The lowest BCUT2D eigenvalue weighted by Crippen LogP contribution is -2.30. The Hall–Kier alpha value is -2.27. The number of anilines is 1. The normalized spacial score (nSPS) is 15.2. The molecule has 0 unspecified atom stereocenters. The second-order valence-corrected chi connectivity index (χ2v) is 7.52. The summed E-state index contributed by atoms with van der Waals surface area (Å²) in [6.07, 6.45) is 1.56. The van der Waals surface area contributed by atoms with Crippen LogP contribution in [0.25, 0.3) is 0 Å². The summed E-state index contributed by atoms with van der Waals surface area (Å²) in [5.74, 6) is 0.209. The molecule has 0 spiro atoms. The number of nitrogens with one attached hydrogen (secondary N) is 1. The van der Waals surface area contributed by atoms with Crippen LogP contribution in [0.2, 0.25) is 0 Å². The molecule has 0 bridgehead atoms. The lowest BCUT2D eigenvalue weighted by molar-refractivity contribution is -0.120. The van der Waals surface area contributed by atoms with Gasteiger partial charge in [-0.05, 0) is 43.2 Å². The van der Waals surface area contributed by atoms with E-state index in [1.807, 2.05) is 66.4 Å². The Morgan fingerprint density at radius 2 is 1.88 bits per heavy atom. The van der Waals surface area contributed by atoms with E-state index in [1.54, 1.807) is 11.8 Å². The first kappa shape index (κ1) is 17.5. The Balaban J connectivity index is 1.51. The third-order valence-electron chi connectivity index (χ3n) is 4.21. The van der Waals surface area contributed by atoms with E-state index >= 15 is 0 Å². The molecule has 0 aromatic heterocycles. The second-order valence-electron chi connectivity index (χ2n) is 6.11. The van der Waals surface area contributed by atoms with E-state index in [0.29, 0.717) is 13.0 Å². The number of benzene rings is 2. The first-order chi connectivity index (χ1) is 12.1. The van der Waals surface area contributed by atoms with Crippen molar-refractivity contribution in [3.05, 3.63) is 60.2 Å². The van der Waals surface area contributed by atoms with E-state index in [1.165, 1.54) is 0 Å². The van der Waals surface area contributed by atoms with Crippen molar-refractivity contribution >= 4 is 29.3 Å².